The highest BCUT2D eigenvalue weighted by Crippen LogP contribution is 2.26. The molecule has 0 amide bonds. The topological polar surface area (TPSA) is 27.7 Å². The minimum absolute atomic E-state index is 0.268. The first-order valence-electron chi connectivity index (χ1n) is 6.94. The summed E-state index contributed by atoms with van der Waals surface area (Å²) in [6.45, 7) is 4.92. The van der Waals surface area contributed by atoms with Gasteiger partial charge in [0, 0.05) is 6.07 Å². The van der Waals surface area contributed by atoms with Gasteiger partial charge in [-0.2, -0.15) is 0 Å². The molecule has 2 aromatic rings. The summed E-state index contributed by atoms with van der Waals surface area (Å²) in [5.74, 6) is 1.62. The zero-order valence-electron chi connectivity index (χ0n) is 12.3. The second-order valence-corrected chi connectivity index (χ2v) is 4.49. The Morgan fingerprint density at radius 1 is 0.905 bits per heavy atom. The first-order valence-corrected chi connectivity index (χ1v) is 6.94. The van der Waals surface area contributed by atoms with Gasteiger partial charge in [-0.1, -0.05) is 18.2 Å². The van der Waals surface area contributed by atoms with E-state index in [4.69, 9.17) is 14.2 Å². The molecule has 0 fully saturated rings. The van der Waals surface area contributed by atoms with Gasteiger partial charge in [0.2, 0.25) is 0 Å². The highest BCUT2D eigenvalue weighted by molar-refractivity contribution is 5.39. The number of ether oxygens (including phenoxy) is 3. The molecule has 2 aromatic carbocycles. The lowest BCUT2D eigenvalue weighted by Crippen LogP contribution is -2.10. The van der Waals surface area contributed by atoms with Gasteiger partial charge in [0.05, 0.1) is 6.61 Å². The van der Waals surface area contributed by atoms with Crippen molar-refractivity contribution in [1.29, 1.82) is 0 Å². The molecule has 0 aliphatic carbocycles. The lowest BCUT2D eigenvalue weighted by atomic mass is 10.2. The standard InChI is InChI=1S/C17H19FO3/c1-3-19-16-6-4-5-7-17(16)21-11-10-20-14-9-8-13(2)15(18)12-14/h4-9,12H,3,10-11H2,1-2H3. The minimum atomic E-state index is -0.268. The van der Waals surface area contributed by atoms with Crippen LogP contribution in [0.4, 0.5) is 4.39 Å². The summed E-state index contributed by atoms with van der Waals surface area (Å²) >= 11 is 0. The van der Waals surface area contributed by atoms with Crippen LogP contribution in [0.3, 0.4) is 0 Å². The van der Waals surface area contributed by atoms with Gasteiger partial charge in [-0.25, -0.2) is 4.39 Å². The largest absolute Gasteiger partial charge is 0.490 e. The molecule has 0 unspecified atom stereocenters. The number of benzene rings is 2. The van der Waals surface area contributed by atoms with E-state index in [-0.39, 0.29) is 5.82 Å². The maximum absolute atomic E-state index is 13.4. The Hall–Kier alpha value is -2.23. The highest BCUT2D eigenvalue weighted by Gasteiger charge is 2.04. The summed E-state index contributed by atoms with van der Waals surface area (Å²) in [6, 6.07) is 12.3. The van der Waals surface area contributed by atoms with Gasteiger partial charge in [-0.05, 0) is 37.6 Å². The summed E-state index contributed by atoms with van der Waals surface area (Å²) in [6.07, 6.45) is 0. The van der Waals surface area contributed by atoms with Gasteiger partial charge in [-0.15, -0.1) is 0 Å². The molecule has 4 heteroatoms. The molecule has 21 heavy (non-hydrogen) atoms. The monoisotopic (exact) mass is 290 g/mol. The van der Waals surface area contributed by atoms with Crippen LogP contribution in [0.15, 0.2) is 42.5 Å². The van der Waals surface area contributed by atoms with Gasteiger partial charge in [0.15, 0.2) is 11.5 Å². The molecule has 2 rings (SSSR count). The average Bonchev–Trinajstić information content (AvgIpc) is 2.49. The van der Waals surface area contributed by atoms with Gasteiger partial charge >= 0.3 is 0 Å². The summed E-state index contributed by atoms with van der Waals surface area (Å²) in [5.41, 5.74) is 0.601. The Morgan fingerprint density at radius 3 is 2.24 bits per heavy atom. The number of aryl methyl sites for hydroxylation is 1. The SMILES string of the molecule is CCOc1ccccc1OCCOc1ccc(C)c(F)c1. The van der Waals surface area contributed by atoms with Gasteiger partial charge in [-0.3, -0.25) is 0 Å². The molecule has 0 aliphatic heterocycles. The molecule has 0 bridgehead atoms. The predicted octanol–water partition coefficient (Wildman–Crippen LogP) is 3.99. The number of rotatable bonds is 7. The number of halogens is 1. The molecule has 0 saturated carbocycles. The van der Waals surface area contributed by atoms with Gasteiger partial charge in [0.1, 0.15) is 24.8 Å². The first kappa shape index (κ1) is 15.2. The van der Waals surface area contributed by atoms with Crippen LogP contribution in [0.5, 0.6) is 17.2 Å². The highest BCUT2D eigenvalue weighted by atomic mass is 19.1. The van der Waals surface area contributed by atoms with Gasteiger partial charge in [0.25, 0.3) is 0 Å². The fraction of sp³-hybridized carbons (Fsp3) is 0.294. The second kappa shape index (κ2) is 7.53. The van der Waals surface area contributed by atoms with E-state index in [9.17, 15) is 4.39 Å². The van der Waals surface area contributed by atoms with Crippen molar-refractivity contribution in [3.8, 4) is 17.2 Å². The van der Waals surface area contributed by atoms with Crippen LogP contribution in [0.2, 0.25) is 0 Å². The Balaban J connectivity index is 1.83. The minimum Gasteiger partial charge on any atom is -0.490 e. The molecular weight excluding hydrogens is 271 g/mol. The Morgan fingerprint density at radius 2 is 1.57 bits per heavy atom. The lowest BCUT2D eigenvalue weighted by Gasteiger charge is -2.12. The van der Waals surface area contributed by atoms with E-state index >= 15 is 0 Å². The van der Waals surface area contributed by atoms with Crippen LogP contribution in [0.1, 0.15) is 12.5 Å². The zero-order valence-corrected chi connectivity index (χ0v) is 12.3. The average molecular weight is 290 g/mol. The molecule has 3 nitrogen and oxygen atoms in total. The second-order valence-electron chi connectivity index (χ2n) is 4.49. The lowest BCUT2D eigenvalue weighted by molar-refractivity contribution is 0.208. The van der Waals surface area contributed by atoms with Gasteiger partial charge < -0.3 is 14.2 Å². The van der Waals surface area contributed by atoms with E-state index in [0.717, 1.165) is 0 Å². The van der Waals surface area contributed by atoms with Crippen LogP contribution in [0, 0.1) is 12.7 Å². The van der Waals surface area contributed by atoms with E-state index in [0.29, 0.717) is 42.6 Å². The predicted molar refractivity (Wildman–Crippen MR) is 79.7 cm³/mol. The van der Waals surface area contributed by atoms with E-state index in [2.05, 4.69) is 0 Å². The smallest absolute Gasteiger partial charge is 0.161 e. The summed E-state index contributed by atoms with van der Waals surface area (Å²) < 4.78 is 29.9. The van der Waals surface area contributed by atoms with Crippen molar-refractivity contribution >= 4 is 0 Å². The zero-order chi connectivity index (χ0) is 15.1. The van der Waals surface area contributed by atoms with Crippen molar-refractivity contribution in [3.05, 3.63) is 53.8 Å². The fourth-order valence-electron chi connectivity index (χ4n) is 1.82. The van der Waals surface area contributed by atoms with Crippen molar-refractivity contribution in [3.63, 3.8) is 0 Å². The van der Waals surface area contributed by atoms with E-state index < -0.39 is 0 Å². The van der Waals surface area contributed by atoms with E-state index in [1.54, 1.807) is 19.1 Å². The van der Waals surface area contributed by atoms with Crippen LogP contribution >= 0.6 is 0 Å². The molecule has 0 aliphatic rings. The molecule has 0 spiro atoms. The van der Waals surface area contributed by atoms with Crippen molar-refractivity contribution in [1.82, 2.24) is 0 Å². The molecule has 112 valence electrons. The molecule has 0 N–H and O–H groups in total. The summed E-state index contributed by atoms with van der Waals surface area (Å²) in [4.78, 5) is 0. The van der Waals surface area contributed by atoms with Crippen LogP contribution in [0.25, 0.3) is 0 Å². The molecular formula is C17H19FO3. The van der Waals surface area contributed by atoms with Crippen LogP contribution in [-0.2, 0) is 0 Å². The first-order chi connectivity index (χ1) is 10.2. The summed E-state index contributed by atoms with van der Waals surface area (Å²) in [7, 11) is 0. The Bertz CT molecular complexity index is 584. The van der Waals surface area contributed by atoms with Crippen LogP contribution < -0.4 is 14.2 Å². The van der Waals surface area contributed by atoms with Crippen molar-refractivity contribution in [2.75, 3.05) is 19.8 Å². The van der Waals surface area contributed by atoms with E-state index in [1.165, 1.54) is 6.07 Å². The van der Waals surface area contributed by atoms with Crippen molar-refractivity contribution in [2.24, 2.45) is 0 Å². The van der Waals surface area contributed by atoms with Crippen molar-refractivity contribution in [2.45, 2.75) is 13.8 Å². The molecule has 0 aromatic heterocycles. The number of hydrogen-bond acceptors (Lipinski definition) is 3. The third-order valence-electron chi connectivity index (χ3n) is 2.90. The molecule has 0 heterocycles. The Labute approximate surface area is 124 Å². The molecule has 0 radical (unpaired) electrons. The molecule has 0 atom stereocenters. The third-order valence-corrected chi connectivity index (χ3v) is 2.90. The maximum atomic E-state index is 13.4. The van der Waals surface area contributed by atoms with Crippen molar-refractivity contribution < 1.29 is 18.6 Å². The number of hydrogen-bond donors (Lipinski definition) is 0. The Kier molecular flexibility index (Phi) is 5.43. The molecule has 0 saturated heterocycles. The van der Waals surface area contributed by atoms with Crippen LogP contribution in [-0.4, -0.2) is 19.8 Å². The third kappa shape index (κ3) is 4.38. The van der Waals surface area contributed by atoms with E-state index in [1.807, 2.05) is 31.2 Å². The fourth-order valence-corrected chi connectivity index (χ4v) is 1.82. The maximum Gasteiger partial charge on any atom is 0.161 e. The quantitative estimate of drug-likeness (QED) is 0.722. The number of para-hydroxylation sites is 2. The summed E-state index contributed by atoms with van der Waals surface area (Å²) in [5, 5.41) is 0. The normalized spacial score (nSPS) is 10.2.